The highest BCUT2D eigenvalue weighted by atomic mass is 19.1. The number of ether oxygens (including phenoxy) is 1. The van der Waals surface area contributed by atoms with Crippen LogP contribution in [0.1, 0.15) is 36.8 Å². The van der Waals surface area contributed by atoms with Gasteiger partial charge in [0, 0.05) is 25.0 Å². The molecule has 2 aliphatic rings. The van der Waals surface area contributed by atoms with Crippen LogP contribution in [-0.4, -0.2) is 41.8 Å². The lowest BCUT2D eigenvalue weighted by atomic mass is 9.99. The van der Waals surface area contributed by atoms with E-state index in [1.807, 2.05) is 29.2 Å². The number of carboxylic acids is 1. The number of furan rings is 1. The van der Waals surface area contributed by atoms with Crippen LogP contribution < -0.4 is 0 Å². The number of fused-ring (bicyclic) bond motifs is 1. The molecule has 1 saturated carbocycles. The molecule has 1 aromatic heterocycles. The molecule has 0 spiro atoms. The smallest absolute Gasteiger partial charge is 0.309 e. The topological polar surface area (TPSA) is 62.9 Å². The molecule has 5 nitrogen and oxygen atoms in total. The first-order chi connectivity index (χ1) is 15.5. The number of carboxylic acid groups (broad SMARTS) is 1. The van der Waals surface area contributed by atoms with Crippen LogP contribution in [0.5, 0.6) is 0 Å². The minimum atomic E-state index is -0.767. The van der Waals surface area contributed by atoms with E-state index in [9.17, 15) is 9.18 Å². The highest BCUT2D eigenvalue weighted by molar-refractivity contribution is 5.83. The molecular formula is C26H28FNO4. The summed E-state index contributed by atoms with van der Waals surface area (Å²) in [5.74, 6) is -0.897. The molecule has 0 radical (unpaired) electrons. The molecule has 6 heteroatoms. The fourth-order valence-electron chi connectivity index (χ4n) is 4.75. The summed E-state index contributed by atoms with van der Waals surface area (Å²) in [6.07, 6.45) is 6.18. The minimum Gasteiger partial charge on any atom is -0.481 e. The first-order valence-electron chi connectivity index (χ1n) is 11.4. The maximum Gasteiger partial charge on any atom is 0.309 e. The summed E-state index contributed by atoms with van der Waals surface area (Å²) in [6, 6.07) is 13.1. The van der Waals surface area contributed by atoms with Crippen LogP contribution in [0.15, 0.2) is 46.9 Å². The van der Waals surface area contributed by atoms with Crippen molar-refractivity contribution in [2.45, 2.75) is 44.8 Å². The highest BCUT2D eigenvalue weighted by Crippen LogP contribution is 2.31. The van der Waals surface area contributed by atoms with Gasteiger partial charge in [0.15, 0.2) is 0 Å². The summed E-state index contributed by atoms with van der Waals surface area (Å²) < 4.78 is 26.7. The number of aliphatic carboxylic acids is 1. The third kappa shape index (κ3) is 4.57. The van der Waals surface area contributed by atoms with Gasteiger partial charge in [-0.25, -0.2) is 4.39 Å². The Morgan fingerprint density at radius 2 is 1.88 bits per heavy atom. The zero-order chi connectivity index (χ0) is 22.1. The van der Waals surface area contributed by atoms with Gasteiger partial charge in [-0.2, -0.15) is 0 Å². The van der Waals surface area contributed by atoms with Crippen molar-refractivity contribution in [2.75, 3.05) is 19.7 Å². The molecule has 168 valence electrons. The van der Waals surface area contributed by atoms with E-state index >= 15 is 0 Å². The van der Waals surface area contributed by atoms with Gasteiger partial charge in [-0.05, 0) is 60.7 Å². The fourth-order valence-corrected chi connectivity index (χ4v) is 4.75. The van der Waals surface area contributed by atoms with Crippen molar-refractivity contribution in [3.63, 3.8) is 0 Å². The first-order valence-corrected chi connectivity index (χ1v) is 11.4. The minimum absolute atomic E-state index is 0.311. The molecule has 1 N–H and O–H groups in total. The van der Waals surface area contributed by atoms with E-state index in [4.69, 9.17) is 14.3 Å². The van der Waals surface area contributed by atoms with Crippen molar-refractivity contribution < 1.29 is 23.4 Å². The summed E-state index contributed by atoms with van der Waals surface area (Å²) >= 11 is 0. The maximum absolute atomic E-state index is 14.8. The Hall–Kier alpha value is -2.70. The number of hydrogen-bond donors (Lipinski definition) is 1. The second-order valence-corrected chi connectivity index (χ2v) is 9.05. The monoisotopic (exact) mass is 437 g/mol. The van der Waals surface area contributed by atoms with Crippen molar-refractivity contribution in [1.82, 2.24) is 4.90 Å². The van der Waals surface area contributed by atoms with Crippen LogP contribution in [0, 0.1) is 11.7 Å². The van der Waals surface area contributed by atoms with Crippen molar-refractivity contribution in [3.8, 4) is 11.3 Å². The number of halogens is 1. The second-order valence-electron chi connectivity index (χ2n) is 9.05. The predicted octanol–water partition coefficient (Wildman–Crippen LogP) is 5.26. The molecule has 1 aliphatic heterocycles. The molecule has 1 saturated heterocycles. The summed E-state index contributed by atoms with van der Waals surface area (Å²) in [7, 11) is 0. The maximum atomic E-state index is 14.8. The average Bonchev–Trinajstić information content (AvgIpc) is 3.39. The second kappa shape index (κ2) is 9.04. The van der Waals surface area contributed by atoms with Crippen LogP contribution >= 0.6 is 0 Å². The zero-order valence-corrected chi connectivity index (χ0v) is 18.1. The Morgan fingerprint density at radius 3 is 2.62 bits per heavy atom. The van der Waals surface area contributed by atoms with Crippen molar-refractivity contribution >= 4 is 16.9 Å². The summed E-state index contributed by atoms with van der Waals surface area (Å²) in [5.41, 5.74) is 3.19. The average molecular weight is 438 g/mol. The van der Waals surface area contributed by atoms with Crippen molar-refractivity contribution in [3.05, 3.63) is 59.4 Å². The molecule has 2 heterocycles. The quantitative estimate of drug-likeness (QED) is 0.521. The van der Waals surface area contributed by atoms with E-state index in [1.54, 1.807) is 6.07 Å². The van der Waals surface area contributed by atoms with Crippen LogP contribution in [-0.2, 0) is 22.5 Å². The molecule has 3 aromatic rings. The molecule has 2 fully saturated rings. The normalized spacial score (nSPS) is 17.8. The molecule has 1 aliphatic carbocycles. The third-order valence-corrected chi connectivity index (χ3v) is 6.64. The van der Waals surface area contributed by atoms with E-state index < -0.39 is 5.97 Å². The number of likely N-dealkylation sites (tertiary alicyclic amines) is 1. The standard InChI is InChI=1S/C26H28FNO4/c27-23-12-18(14-28-15-20(16-28)26(29)30)5-7-22(23)25-13-19-11-17(6-8-24(19)32-25)9-10-31-21-3-1-2-4-21/h5-8,11-13,20-21H,1-4,9-10,14-16H2,(H,29,30). The van der Waals surface area contributed by atoms with Gasteiger partial charge >= 0.3 is 5.97 Å². The number of carbonyl (C=O) groups is 1. The third-order valence-electron chi connectivity index (χ3n) is 6.64. The van der Waals surface area contributed by atoms with Gasteiger partial charge in [0.2, 0.25) is 0 Å². The van der Waals surface area contributed by atoms with E-state index in [-0.39, 0.29) is 11.7 Å². The predicted molar refractivity (Wildman–Crippen MR) is 120 cm³/mol. The Morgan fingerprint density at radius 1 is 1.09 bits per heavy atom. The molecular weight excluding hydrogens is 409 g/mol. The molecule has 2 aromatic carbocycles. The van der Waals surface area contributed by atoms with Crippen LogP contribution in [0.3, 0.4) is 0 Å². The van der Waals surface area contributed by atoms with Gasteiger partial charge in [-0.3, -0.25) is 9.69 Å². The largest absolute Gasteiger partial charge is 0.481 e. The van der Waals surface area contributed by atoms with Gasteiger partial charge < -0.3 is 14.3 Å². The van der Waals surface area contributed by atoms with Crippen molar-refractivity contribution in [2.24, 2.45) is 5.92 Å². The summed E-state index contributed by atoms with van der Waals surface area (Å²) in [4.78, 5) is 12.9. The number of rotatable bonds is 8. The number of benzene rings is 2. The Balaban J connectivity index is 1.24. The molecule has 0 unspecified atom stereocenters. The van der Waals surface area contributed by atoms with Gasteiger partial charge in [0.05, 0.1) is 24.2 Å². The first kappa shape index (κ1) is 21.2. The zero-order valence-electron chi connectivity index (χ0n) is 18.1. The lowest BCUT2D eigenvalue weighted by molar-refractivity contribution is -0.147. The number of hydrogen-bond acceptors (Lipinski definition) is 4. The van der Waals surface area contributed by atoms with Gasteiger partial charge in [0.1, 0.15) is 17.2 Å². The van der Waals surface area contributed by atoms with Crippen LogP contribution in [0.4, 0.5) is 4.39 Å². The fraction of sp³-hybridized carbons (Fsp3) is 0.423. The van der Waals surface area contributed by atoms with Gasteiger partial charge in [-0.1, -0.05) is 25.0 Å². The number of nitrogens with zero attached hydrogens (tertiary/aromatic N) is 1. The lowest BCUT2D eigenvalue weighted by Gasteiger charge is -2.36. The Labute approximate surface area is 186 Å². The van der Waals surface area contributed by atoms with E-state index in [0.29, 0.717) is 37.1 Å². The molecule has 32 heavy (non-hydrogen) atoms. The van der Waals surface area contributed by atoms with Gasteiger partial charge in [-0.15, -0.1) is 0 Å². The Bertz CT molecular complexity index is 1110. The molecule has 0 atom stereocenters. The lowest BCUT2D eigenvalue weighted by Crippen LogP contribution is -2.49. The molecule has 0 amide bonds. The van der Waals surface area contributed by atoms with Crippen molar-refractivity contribution in [1.29, 1.82) is 0 Å². The van der Waals surface area contributed by atoms with E-state index in [1.165, 1.54) is 37.3 Å². The molecule has 5 rings (SSSR count). The molecule has 0 bridgehead atoms. The summed E-state index contributed by atoms with van der Waals surface area (Å²) in [6.45, 7) is 2.29. The van der Waals surface area contributed by atoms with E-state index in [2.05, 4.69) is 6.07 Å². The Kier molecular flexibility index (Phi) is 5.98. The van der Waals surface area contributed by atoms with Crippen LogP contribution in [0.25, 0.3) is 22.3 Å². The van der Waals surface area contributed by atoms with Crippen LogP contribution in [0.2, 0.25) is 0 Å². The van der Waals surface area contributed by atoms with E-state index in [0.717, 1.165) is 29.6 Å². The SMILES string of the molecule is O=C(O)C1CN(Cc2ccc(-c3cc4cc(CCOC5CCCC5)ccc4o3)c(F)c2)C1. The summed E-state index contributed by atoms with van der Waals surface area (Å²) in [5, 5.41) is 9.94. The highest BCUT2D eigenvalue weighted by Gasteiger charge is 2.32. The van der Waals surface area contributed by atoms with Gasteiger partial charge in [0.25, 0.3) is 0 Å².